The Labute approximate surface area is 207 Å². The molecule has 0 aliphatic carbocycles. The van der Waals surface area contributed by atoms with E-state index in [1.165, 1.54) is 24.8 Å². The third kappa shape index (κ3) is 5.88. The highest BCUT2D eigenvalue weighted by molar-refractivity contribution is 7.89. The second kappa shape index (κ2) is 11.5. The highest BCUT2D eigenvalue weighted by atomic mass is 32.2. The van der Waals surface area contributed by atoms with Gasteiger partial charge in [-0.2, -0.15) is 4.31 Å². The molecule has 0 radical (unpaired) electrons. The molecule has 5 nitrogen and oxygen atoms in total. The van der Waals surface area contributed by atoms with Crippen LogP contribution in [0, 0.1) is 6.92 Å². The Bertz CT molecular complexity index is 1230. The van der Waals surface area contributed by atoms with E-state index in [1.54, 1.807) is 27.8 Å². The maximum Gasteiger partial charge on any atom is 0.243 e. The average Bonchev–Trinajstić information content (AvgIpc) is 3.26. The molecule has 3 aromatic rings. The summed E-state index contributed by atoms with van der Waals surface area (Å²) >= 11 is 1.64. The van der Waals surface area contributed by atoms with Crippen LogP contribution in [0.25, 0.3) is 11.3 Å². The first kappa shape index (κ1) is 24.9. The lowest BCUT2D eigenvalue weighted by Gasteiger charge is -2.25. The van der Waals surface area contributed by atoms with Crippen LogP contribution in [0.4, 0.5) is 5.69 Å². The van der Waals surface area contributed by atoms with E-state index in [0.29, 0.717) is 18.0 Å². The summed E-state index contributed by atoms with van der Waals surface area (Å²) < 4.78 is 30.0. The van der Waals surface area contributed by atoms with Gasteiger partial charge in [0.1, 0.15) is 0 Å². The van der Waals surface area contributed by atoms with E-state index in [4.69, 9.17) is 4.99 Å². The lowest BCUT2D eigenvalue weighted by atomic mass is 10.1. The Balaban J connectivity index is 1.64. The number of benzene rings is 2. The van der Waals surface area contributed by atoms with Crippen LogP contribution in [0.2, 0.25) is 0 Å². The molecule has 0 spiro atoms. The van der Waals surface area contributed by atoms with Crippen molar-refractivity contribution in [3.63, 3.8) is 0 Å². The first-order chi connectivity index (χ1) is 16.5. The van der Waals surface area contributed by atoms with Gasteiger partial charge in [-0.3, -0.25) is 0 Å². The fourth-order valence-corrected chi connectivity index (χ4v) is 6.82. The Morgan fingerprint density at radius 3 is 2.29 bits per heavy atom. The number of hydrogen-bond donors (Lipinski definition) is 0. The predicted molar refractivity (Wildman–Crippen MR) is 141 cm³/mol. The number of unbranched alkanes of at least 4 members (excludes halogenated alkanes) is 3. The normalized spacial score (nSPS) is 15.6. The summed E-state index contributed by atoms with van der Waals surface area (Å²) in [4.78, 5) is 6.28. The second-order valence-corrected chi connectivity index (χ2v) is 11.8. The molecular weight excluding hydrogens is 462 g/mol. The third-order valence-electron chi connectivity index (χ3n) is 6.39. The van der Waals surface area contributed by atoms with Crippen LogP contribution in [0.3, 0.4) is 0 Å². The molecule has 2 heterocycles. The molecule has 7 heteroatoms. The van der Waals surface area contributed by atoms with Crippen molar-refractivity contribution in [1.29, 1.82) is 0 Å². The van der Waals surface area contributed by atoms with Gasteiger partial charge in [-0.15, -0.1) is 11.3 Å². The monoisotopic (exact) mass is 497 g/mol. The molecule has 4 rings (SSSR count). The van der Waals surface area contributed by atoms with Crippen LogP contribution in [0.5, 0.6) is 0 Å². The summed E-state index contributed by atoms with van der Waals surface area (Å²) in [6.45, 7) is 6.45. The zero-order chi connectivity index (χ0) is 24.0. The zero-order valence-corrected chi connectivity index (χ0v) is 21.9. The molecule has 2 aromatic carbocycles. The molecule has 0 amide bonds. The number of rotatable bonds is 9. The lowest BCUT2D eigenvalue weighted by molar-refractivity contribution is 0.346. The number of aromatic nitrogens is 1. The van der Waals surface area contributed by atoms with E-state index in [1.807, 2.05) is 12.1 Å². The van der Waals surface area contributed by atoms with Crippen molar-refractivity contribution < 1.29 is 8.42 Å². The van der Waals surface area contributed by atoms with Crippen LogP contribution in [0.1, 0.15) is 57.4 Å². The van der Waals surface area contributed by atoms with Crippen molar-refractivity contribution in [1.82, 2.24) is 8.87 Å². The van der Waals surface area contributed by atoms with Gasteiger partial charge < -0.3 is 4.57 Å². The second-order valence-electron chi connectivity index (χ2n) is 9.05. The molecular formula is C27H35N3O2S2. The third-order valence-corrected chi connectivity index (χ3v) is 9.17. The van der Waals surface area contributed by atoms with Gasteiger partial charge in [0.15, 0.2) is 4.80 Å². The summed E-state index contributed by atoms with van der Waals surface area (Å²) in [7, 11) is -3.42. The molecule has 0 atom stereocenters. The van der Waals surface area contributed by atoms with E-state index in [0.717, 1.165) is 54.0 Å². The van der Waals surface area contributed by atoms with Crippen molar-refractivity contribution in [3.8, 4) is 11.3 Å². The maximum atomic E-state index is 13.0. The minimum atomic E-state index is -3.42. The summed E-state index contributed by atoms with van der Waals surface area (Å²) in [5.74, 6) is 0. The molecule has 0 bridgehead atoms. The fourth-order valence-electron chi connectivity index (χ4n) is 4.34. The number of nitrogens with zero attached hydrogens (tertiary/aromatic N) is 3. The topological polar surface area (TPSA) is 54.7 Å². The molecule has 1 aliphatic rings. The van der Waals surface area contributed by atoms with Gasteiger partial charge in [0.25, 0.3) is 0 Å². The van der Waals surface area contributed by atoms with E-state index in [9.17, 15) is 8.42 Å². The number of aryl methyl sites for hydroxylation is 1. The smallest absolute Gasteiger partial charge is 0.243 e. The van der Waals surface area contributed by atoms with Crippen LogP contribution >= 0.6 is 11.3 Å². The maximum absolute atomic E-state index is 13.0. The number of sulfonamides is 1. The Morgan fingerprint density at radius 2 is 1.62 bits per heavy atom. The van der Waals surface area contributed by atoms with E-state index in [2.05, 4.69) is 48.1 Å². The molecule has 0 unspecified atom stereocenters. The lowest BCUT2D eigenvalue weighted by Crippen LogP contribution is -2.35. The highest BCUT2D eigenvalue weighted by Gasteiger charge is 2.25. The standard InChI is InChI=1S/C27H35N3O2S2/c1-3-4-5-9-20-30-26(21-33-27(30)28-24-14-10-22(2)11-15-24)23-12-16-25(17-13-23)34(31,32)29-18-7-6-8-19-29/h10-17,21H,3-9,18-20H2,1-2H3. The first-order valence-corrected chi connectivity index (χ1v) is 14.7. The van der Waals surface area contributed by atoms with E-state index >= 15 is 0 Å². The molecule has 34 heavy (non-hydrogen) atoms. The van der Waals surface area contributed by atoms with Gasteiger partial charge in [0, 0.05) is 25.0 Å². The summed E-state index contributed by atoms with van der Waals surface area (Å²) in [6, 6.07) is 15.7. The van der Waals surface area contributed by atoms with Crippen LogP contribution < -0.4 is 4.80 Å². The summed E-state index contributed by atoms with van der Waals surface area (Å²) in [5, 5.41) is 2.14. The summed E-state index contributed by atoms with van der Waals surface area (Å²) in [6.07, 6.45) is 7.71. The van der Waals surface area contributed by atoms with Crippen LogP contribution in [-0.2, 0) is 16.6 Å². The largest absolute Gasteiger partial charge is 0.316 e. The SMILES string of the molecule is CCCCCCn1c(-c2ccc(S(=O)(=O)N3CCCCC3)cc2)csc1=Nc1ccc(C)cc1. The van der Waals surface area contributed by atoms with E-state index < -0.39 is 10.0 Å². The minimum Gasteiger partial charge on any atom is -0.316 e. The molecule has 1 fully saturated rings. The zero-order valence-electron chi connectivity index (χ0n) is 20.2. The Morgan fingerprint density at radius 1 is 0.912 bits per heavy atom. The summed E-state index contributed by atoms with van der Waals surface area (Å²) in [5.41, 5.74) is 4.28. The molecule has 1 aromatic heterocycles. The highest BCUT2D eigenvalue weighted by Crippen LogP contribution is 2.26. The van der Waals surface area contributed by atoms with Crippen molar-refractivity contribution in [2.75, 3.05) is 13.1 Å². The van der Waals surface area contributed by atoms with Crippen molar-refractivity contribution in [2.45, 2.75) is 70.2 Å². The fraction of sp³-hybridized carbons (Fsp3) is 0.444. The Kier molecular flexibility index (Phi) is 8.40. The Hall–Kier alpha value is -2.22. The van der Waals surface area contributed by atoms with Gasteiger partial charge in [0.05, 0.1) is 16.3 Å². The molecule has 1 aliphatic heterocycles. The van der Waals surface area contributed by atoms with Gasteiger partial charge in [0.2, 0.25) is 10.0 Å². The van der Waals surface area contributed by atoms with Crippen molar-refractivity contribution >= 4 is 27.0 Å². The number of thiazole rings is 1. The molecule has 182 valence electrons. The molecule has 0 N–H and O–H groups in total. The number of hydrogen-bond acceptors (Lipinski definition) is 4. The van der Waals surface area contributed by atoms with Crippen molar-refractivity contribution in [3.05, 3.63) is 64.3 Å². The first-order valence-electron chi connectivity index (χ1n) is 12.4. The van der Waals surface area contributed by atoms with Crippen LogP contribution in [-0.4, -0.2) is 30.4 Å². The minimum absolute atomic E-state index is 0.382. The van der Waals surface area contributed by atoms with Gasteiger partial charge in [-0.25, -0.2) is 13.4 Å². The van der Waals surface area contributed by atoms with Gasteiger partial charge in [-0.05, 0) is 56.0 Å². The molecule has 1 saturated heterocycles. The number of piperidine rings is 1. The predicted octanol–water partition coefficient (Wildman–Crippen LogP) is 6.51. The molecule has 0 saturated carbocycles. The average molecular weight is 498 g/mol. The quantitative estimate of drug-likeness (QED) is 0.316. The van der Waals surface area contributed by atoms with Gasteiger partial charge >= 0.3 is 0 Å². The van der Waals surface area contributed by atoms with E-state index in [-0.39, 0.29) is 0 Å². The van der Waals surface area contributed by atoms with Crippen LogP contribution in [0.15, 0.2) is 63.8 Å². The van der Waals surface area contributed by atoms with Crippen molar-refractivity contribution in [2.24, 2.45) is 4.99 Å². The van der Waals surface area contributed by atoms with Gasteiger partial charge in [-0.1, -0.05) is 62.4 Å².